The number of carboxylic acid groups (broad SMARTS) is 2. The maximum absolute atomic E-state index is 10.6. The molecule has 2 heterocycles. The first-order valence-electron chi connectivity index (χ1n) is 23.5. The second-order valence-corrected chi connectivity index (χ2v) is 20.8. The molecule has 2 N–H and O–H groups in total. The molecule has 334 valence electrons. The lowest BCUT2D eigenvalue weighted by atomic mass is 9.67. The number of hydrogen-bond acceptors (Lipinski definition) is 4. The molecule has 0 bridgehead atoms. The molecule has 6 heteroatoms. The molecule has 4 aromatic carbocycles. The van der Waals surface area contributed by atoms with Crippen molar-refractivity contribution in [3.63, 3.8) is 0 Å². The quantitative estimate of drug-likeness (QED) is 0.0642. The molecule has 4 aromatic rings. The Bertz CT molecular complexity index is 2050. The Balaban J connectivity index is 0.000000234. The van der Waals surface area contributed by atoms with E-state index in [4.69, 9.17) is 10.2 Å². The molecule has 0 saturated carbocycles. The van der Waals surface area contributed by atoms with Gasteiger partial charge in [0.2, 0.25) is 0 Å². The van der Waals surface area contributed by atoms with E-state index in [0.717, 1.165) is 37.2 Å². The third kappa shape index (κ3) is 14.1. The van der Waals surface area contributed by atoms with Gasteiger partial charge in [0.25, 0.3) is 0 Å². The molecule has 4 atom stereocenters. The van der Waals surface area contributed by atoms with Gasteiger partial charge in [0.1, 0.15) is 0 Å². The minimum atomic E-state index is -0.720. The molecule has 0 saturated heterocycles. The highest BCUT2D eigenvalue weighted by atomic mass is 32.2. The van der Waals surface area contributed by atoms with Crippen LogP contribution in [-0.4, -0.2) is 33.7 Å². The molecule has 0 spiro atoms. The fourth-order valence-electron chi connectivity index (χ4n) is 9.58. The van der Waals surface area contributed by atoms with Crippen molar-refractivity contribution in [2.75, 3.05) is 11.5 Å². The van der Waals surface area contributed by atoms with Gasteiger partial charge in [-0.1, -0.05) is 172 Å². The summed E-state index contributed by atoms with van der Waals surface area (Å²) in [5.41, 5.74) is 11.7. The zero-order valence-electron chi connectivity index (χ0n) is 38.6. The van der Waals surface area contributed by atoms with Gasteiger partial charge in [0.05, 0.1) is 0 Å². The van der Waals surface area contributed by atoms with Gasteiger partial charge < -0.3 is 10.2 Å². The fourth-order valence-corrected chi connectivity index (χ4v) is 12.5. The zero-order chi connectivity index (χ0) is 44.5. The molecule has 62 heavy (non-hydrogen) atoms. The van der Waals surface area contributed by atoms with Gasteiger partial charge in [-0.3, -0.25) is 9.59 Å². The molecule has 4 nitrogen and oxygen atoms in total. The Labute approximate surface area is 383 Å². The van der Waals surface area contributed by atoms with Crippen molar-refractivity contribution in [1.82, 2.24) is 0 Å². The first-order chi connectivity index (χ1) is 29.8. The predicted molar refractivity (Wildman–Crippen MR) is 265 cm³/mol. The normalized spacial score (nSPS) is 20.5. The van der Waals surface area contributed by atoms with Gasteiger partial charge in [-0.25, -0.2) is 0 Å². The van der Waals surface area contributed by atoms with Gasteiger partial charge in [0, 0.05) is 45.0 Å². The number of thioether (sulfide) groups is 2. The minimum Gasteiger partial charge on any atom is -0.481 e. The number of aliphatic carboxylic acids is 2. The topological polar surface area (TPSA) is 74.6 Å². The summed E-state index contributed by atoms with van der Waals surface area (Å²) in [7, 11) is 0. The predicted octanol–water partition coefficient (Wildman–Crippen LogP) is 15.9. The molecule has 0 aliphatic carbocycles. The number of fused-ring (bicyclic) bond motifs is 2. The third-order valence-corrected chi connectivity index (χ3v) is 16.4. The molecule has 0 fully saturated rings. The average molecular weight is 875 g/mol. The van der Waals surface area contributed by atoms with Crippen LogP contribution in [0, 0.1) is 27.7 Å². The summed E-state index contributed by atoms with van der Waals surface area (Å²) in [6, 6.07) is 32.5. The van der Waals surface area contributed by atoms with Crippen LogP contribution in [0.1, 0.15) is 173 Å². The highest BCUT2D eigenvalue weighted by molar-refractivity contribution is 7.99. The molecular formula is C56H74O4S2. The second kappa shape index (κ2) is 24.4. The number of benzene rings is 4. The van der Waals surface area contributed by atoms with Crippen LogP contribution >= 0.6 is 23.5 Å². The van der Waals surface area contributed by atoms with Crippen LogP contribution in [-0.2, 0) is 20.4 Å². The van der Waals surface area contributed by atoms with E-state index in [0.29, 0.717) is 24.7 Å². The van der Waals surface area contributed by atoms with E-state index < -0.39 is 11.9 Å². The van der Waals surface area contributed by atoms with E-state index in [9.17, 15) is 9.59 Å². The van der Waals surface area contributed by atoms with Crippen molar-refractivity contribution in [1.29, 1.82) is 0 Å². The summed E-state index contributed by atoms with van der Waals surface area (Å²) in [5.74, 6) is 1.98. The Morgan fingerprint density at radius 3 is 1.35 bits per heavy atom. The maximum atomic E-state index is 10.6. The Kier molecular flexibility index (Phi) is 19.4. The highest BCUT2D eigenvalue weighted by Gasteiger charge is 2.42. The summed E-state index contributed by atoms with van der Waals surface area (Å²) in [4.78, 5) is 24.1. The monoisotopic (exact) mass is 875 g/mol. The number of allylic oxidation sites excluding steroid dienone is 2. The number of unbranched alkanes of at least 4 members (excludes halogenated alkanes) is 9. The van der Waals surface area contributed by atoms with Gasteiger partial charge in [-0.05, 0) is 112 Å². The number of rotatable bonds is 21. The summed E-state index contributed by atoms with van der Waals surface area (Å²) in [5, 5.41) is 17.4. The Hall–Kier alpha value is -3.74. The Morgan fingerprint density at radius 2 is 0.903 bits per heavy atom. The van der Waals surface area contributed by atoms with Crippen LogP contribution in [0.2, 0.25) is 0 Å². The lowest BCUT2D eigenvalue weighted by Crippen LogP contribution is -2.36. The van der Waals surface area contributed by atoms with Gasteiger partial charge in [-0.15, -0.1) is 23.5 Å². The number of carbonyl (C=O) groups is 2. The largest absolute Gasteiger partial charge is 0.481 e. The van der Waals surface area contributed by atoms with Crippen LogP contribution in [0.15, 0.2) is 107 Å². The van der Waals surface area contributed by atoms with Crippen LogP contribution in [0.4, 0.5) is 0 Å². The van der Waals surface area contributed by atoms with Gasteiger partial charge in [0.15, 0.2) is 0 Å². The molecule has 6 rings (SSSR count). The van der Waals surface area contributed by atoms with Crippen LogP contribution in [0.3, 0.4) is 0 Å². The first kappa shape index (κ1) is 49.3. The van der Waals surface area contributed by atoms with E-state index in [1.54, 1.807) is 5.56 Å². The summed E-state index contributed by atoms with van der Waals surface area (Å²) in [6.07, 6.45) is 20.5. The minimum absolute atomic E-state index is 0.150. The lowest BCUT2D eigenvalue weighted by Gasteiger charge is -2.43. The van der Waals surface area contributed by atoms with Crippen molar-refractivity contribution < 1.29 is 19.8 Å². The van der Waals surface area contributed by atoms with E-state index in [2.05, 4.69) is 133 Å². The standard InChI is InChI=1S/C28H38O2S.C28H36O2S/c2*1-21-13-16-23(17-14-21)28(3)20-31-26-19-22(2)15-18-24(26)25(28)11-9-7-5-4-6-8-10-12-27(29)30/h13-19,25H,4-12,20H2,1-3H3,(H,29,30);6,8,13-19,25H,4-5,7,9-12,20H2,1-3H3,(H,29,30)/b;8-6+. The molecule has 0 radical (unpaired) electrons. The molecule has 2 aliphatic rings. The number of carboxylic acids is 2. The summed E-state index contributed by atoms with van der Waals surface area (Å²) in [6.45, 7) is 13.6. The van der Waals surface area contributed by atoms with Crippen LogP contribution in [0.25, 0.3) is 0 Å². The van der Waals surface area contributed by atoms with E-state index >= 15 is 0 Å². The first-order valence-corrected chi connectivity index (χ1v) is 25.5. The SMILES string of the molecule is Cc1ccc(C2(C)CSc3cc(C)ccc3C2CCCCC/C=C/CCC(=O)O)cc1.Cc1ccc(C2(C)CSc3cc(C)ccc3C2CCCCCCCCCC(=O)O)cc1. The van der Waals surface area contributed by atoms with Gasteiger partial charge in [-0.2, -0.15) is 0 Å². The van der Waals surface area contributed by atoms with Crippen LogP contribution < -0.4 is 0 Å². The maximum Gasteiger partial charge on any atom is 0.303 e. The zero-order valence-corrected chi connectivity index (χ0v) is 40.3. The highest BCUT2D eigenvalue weighted by Crippen LogP contribution is 2.53. The molecule has 0 aromatic heterocycles. The fraction of sp³-hybridized carbons (Fsp3) is 0.500. The van der Waals surface area contributed by atoms with Crippen molar-refractivity contribution in [2.24, 2.45) is 0 Å². The lowest BCUT2D eigenvalue weighted by molar-refractivity contribution is -0.138. The Morgan fingerprint density at radius 1 is 0.516 bits per heavy atom. The number of aryl methyl sites for hydroxylation is 4. The third-order valence-electron chi connectivity index (χ3n) is 13.5. The van der Waals surface area contributed by atoms with Crippen molar-refractivity contribution >= 4 is 35.5 Å². The van der Waals surface area contributed by atoms with Crippen molar-refractivity contribution in [3.05, 3.63) is 142 Å². The van der Waals surface area contributed by atoms with Crippen molar-refractivity contribution in [3.8, 4) is 0 Å². The summed E-state index contributed by atoms with van der Waals surface area (Å²) < 4.78 is 0. The molecular weight excluding hydrogens is 801 g/mol. The van der Waals surface area contributed by atoms with E-state index in [1.165, 1.54) is 107 Å². The van der Waals surface area contributed by atoms with Crippen molar-refractivity contribution in [2.45, 2.75) is 177 Å². The summed E-state index contributed by atoms with van der Waals surface area (Å²) >= 11 is 4.05. The van der Waals surface area contributed by atoms with Gasteiger partial charge >= 0.3 is 11.9 Å². The van der Waals surface area contributed by atoms with Crippen LogP contribution in [0.5, 0.6) is 0 Å². The van der Waals surface area contributed by atoms with E-state index in [-0.39, 0.29) is 17.3 Å². The smallest absolute Gasteiger partial charge is 0.303 e. The molecule has 2 aliphatic heterocycles. The molecule has 4 unspecified atom stereocenters. The number of hydrogen-bond donors (Lipinski definition) is 2. The van der Waals surface area contributed by atoms with E-state index in [1.807, 2.05) is 29.6 Å². The average Bonchev–Trinajstić information content (AvgIpc) is 3.24. The molecule has 0 amide bonds. The second-order valence-electron chi connectivity index (χ2n) is 18.8.